The van der Waals surface area contributed by atoms with Crippen molar-refractivity contribution in [2.24, 2.45) is 0 Å². The molecule has 0 fully saturated rings. The number of pyridine rings is 1. The summed E-state index contributed by atoms with van der Waals surface area (Å²) in [4.78, 5) is 38.5. The molecule has 3 rings (SSSR count). The van der Waals surface area contributed by atoms with E-state index in [9.17, 15) is 22.8 Å². The summed E-state index contributed by atoms with van der Waals surface area (Å²) in [5.74, 6) is -0.991. The first-order chi connectivity index (χ1) is 11.9. The third-order valence-electron chi connectivity index (χ3n) is 3.75. The van der Waals surface area contributed by atoms with Crippen LogP contribution in [-0.4, -0.2) is 37.4 Å². The lowest BCUT2D eigenvalue weighted by molar-refractivity contribution is 0.0946. The molecule has 1 aromatic heterocycles. The molecule has 0 aliphatic carbocycles. The molecule has 8 heteroatoms. The Morgan fingerprint density at radius 2 is 1.96 bits per heavy atom. The molecule has 2 N–H and O–H groups in total. The fraction of sp³-hybridized carbons (Fsp3) is 0.118. The quantitative estimate of drug-likeness (QED) is 0.788. The fourth-order valence-electron chi connectivity index (χ4n) is 2.56. The summed E-state index contributed by atoms with van der Waals surface area (Å²) in [7, 11) is -3.33. The van der Waals surface area contributed by atoms with Gasteiger partial charge in [-0.05, 0) is 17.7 Å². The summed E-state index contributed by atoms with van der Waals surface area (Å²) in [5.41, 5.74) is 0.204. The summed E-state index contributed by atoms with van der Waals surface area (Å²) in [6.07, 6.45) is 1.90. The Bertz CT molecular complexity index is 1020. The minimum absolute atomic E-state index is 0.158. The molecule has 2 heterocycles. The van der Waals surface area contributed by atoms with Crippen LogP contribution in [0.3, 0.4) is 0 Å². The Labute approximate surface area is 143 Å². The molecule has 2 aromatic rings. The molecular formula is C17H14N2O5S. The maximum atomic E-state index is 12.3. The molecule has 1 aliphatic rings. The highest BCUT2D eigenvalue weighted by Crippen LogP contribution is 2.19. The predicted octanol–water partition coefficient (Wildman–Crippen LogP) is 0.895. The molecule has 0 radical (unpaired) electrons. The van der Waals surface area contributed by atoms with Gasteiger partial charge in [0.05, 0.1) is 17.5 Å². The van der Waals surface area contributed by atoms with Crippen LogP contribution in [0.1, 0.15) is 20.7 Å². The summed E-state index contributed by atoms with van der Waals surface area (Å²) in [6, 6.07) is 9.28. The molecule has 0 unspecified atom stereocenters. The Morgan fingerprint density at radius 1 is 1.24 bits per heavy atom. The molecule has 0 bridgehead atoms. The second-order valence-electron chi connectivity index (χ2n) is 5.56. The number of H-pyrrole nitrogens is 1. The number of aromatic nitrogens is 1. The molecule has 1 aromatic carbocycles. The summed E-state index contributed by atoms with van der Waals surface area (Å²) in [5, 5.41) is 3.49. The van der Waals surface area contributed by atoms with Crippen LogP contribution in [-0.2, 0) is 9.84 Å². The van der Waals surface area contributed by atoms with Gasteiger partial charge in [0.1, 0.15) is 5.56 Å². The zero-order chi connectivity index (χ0) is 18.0. The molecule has 25 heavy (non-hydrogen) atoms. The van der Waals surface area contributed by atoms with Crippen molar-refractivity contribution < 1.29 is 18.0 Å². The Balaban J connectivity index is 1.93. The van der Waals surface area contributed by atoms with Crippen molar-refractivity contribution in [3.05, 3.63) is 69.4 Å². The van der Waals surface area contributed by atoms with Crippen LogP contribution in [0.2, 0.25) is 0 Å². The zero-order valence-corrected chi connectivity index (χ0v) is 13.7. The minimum atomic E-state index is -3.33. The van der Waals surface area contributed by atoms with E-state index in [1.807, 2.05) is 0 Å². The van der Waals surface area contributed by atoms with Crippen LogP contribution in [0.4, 0.5) is 0 Å². The number of carbonyl (C=O) groups excluding carboxylic acids is 2. The third kappa shape index (κ3) is 3.58. The molecule has 1 aliphatic heterocycles. The van der Waals surface area contributed by atoms with Crippen molar-refractivity contribution in [3.63, 3.8) is 0 Å². The van der Waals surface area contributed by atoms with Gasteiger partial charge in [-0.3, -0.25) is 14.4 Å². The number of aromatic amines is 1. The number of hydrogen-bond acceptors (Lipinski definition) is 5. The lowest BCUT2D eigenvalue weighted by Crippen LogP contribution is -2.38. The Morgan fingerprint density at radius 3 is 2.56 bits per heavy atom. The first-order valence-corrected chi connectivity index (χ1v) is 9.11. The number of sulfone groups is 1. The second kappa shape index (κ2) is 6.48. The van der Waals surface area contributed by atoms with Crippen molar-refractivity contribution in [3.8, 4) is 11.3 Å². The summed E-state index contributed by atoms with van der Waals surface area (Å²) in [6.45, 7) is 0. The average Bonchev–Trinajstić information content (AvgIpc) is 2.93. The van der Waals surface area contributed by atoms with Crippen molar-refractivity contribution in [2.45, 2.75) is 6.04 Å². The number of nitrogens with one attached hydrogen (secondary N) is 2. The maximum Gasteiger partial charge on any atom is 0.261 e. The van der Waals surface area contributed by atoms with E-state index in [-0.39, 0.29) is 16.9 Å². The van der Waals surface area contributed by atoms with E-state index in [4.69, 9.17) is 0 Å². The molecule has 7 nitrogen and oxygen atoms in total. The van der Waals surface area contributed by atoms with E-state index in [0.717, 1.165) is 5.41 Å². The lowest BCUT2D eigenvalue weighted by atomic mass is 10.0. The standard InChI is InChI=1S/C17H14N2O5S/c20-9-12-8-14(16(21)18-13-6-7-25(23,24)10-13)17(22)19-15(12)11-4-2-1-3-5-11/h1-9,13H,10H2,(H,18,21)(H,19,22)/t13-/m1/s1. The number of benzene rings is 1. The van der Waals surface area contributed by atoms with E-state index in [1.165, 1.54) is 12.1 Å². The van der Waals surface area contributed by atoms with Crippen LogP contribution in [0.5, 0.6) is 0 Å². The smallest absolute Gasteiger partial charge is 0.261 e. The number of hydrogen-bond donors (Lipinski definition) is 2. The number of amides is 1. The Kier molecular flexibility index (Phi) is 4.37. The van der Waals surface area contributed by atoms with Gasteiger partial charge in [-0.15, -0.1) is 0 Å². The molecule has 128 valence electrons. The zero-order valence-electron chi connectivity index (χ0n) is 12.9. The van der Waals surface area contributed by atoms with Crippen molar-refractivity contribution in [1.82, 2.24) is 10.3 Å². The van der Waals surface area contributed by atoms with E-state index in [0.29, 0.717) is 17.5 Å². The molecular weight excluding hydrogens is 344 g/mol. The van der Waals surface area contributed by atoms with Gasteiger partial charge in [0.2, 0.25) is 0 Å². The molecule has 0 spiro atoms. The van der Waals surface area contributed by atoms with Gasteiger partial charge in [-0.25, -0.2) is 8.42 Å². The fourth-order valence-corrected chi connectivity index (χ4v) is 3.80. The van der Waals surface area contributed by atoms with Gasteiger partial charge in [0, 0.05) is 11.0 Å². The first kappa shape index (κ1) is 16.8. The number of aldehydes is 1. The van der Waals surface area contributed by atoms with Gasteiger partial charge in [-0.2, -0.15) is 0 Å². The molecule has 1 atom stereocenters. The second-order valence-corrected chi connectivity index (χ2v) is 7.50. The first-order valence-electron chi connectivity index (χ1n) is 7.39. The number of rotatable bonds is 4. The molecule has 1 amide bonds. The summed E-state index contributed by atoms with van der Waals surface area (Å²) < 4.78 is 22.8. The van der Waals surface area contributed by atoms with Gasteiger partial charge in [-0.1, -0.05) is 30.3 Å². The van der Waals surface area contributed by atoms with E-state index in [1.54, 1.807) is 30.3 Å². The van der Waals surface area contributed by atoms with Gasteiger partial charge in [0.25, 0.3) is 11.5 Å². The topological polar surface area (TPSA) is 113 Å². The maximum absolute atomic E-state index is 12.3. The van der Waals surface area contributed by atoms with Crippen LogP contribution in [0.15, 0.2) is 52.7 Å². The third-order valence-corrected chi connectivity index (χ3v) is 5.15. The van der Waals surface area contributed by atoms with Crippen LogP contribution in [0, 0.1) is 0 Å². The van der Waals surface area contributed by atoms with Crippen molar-refractivity contribution in [1.29, 1.82) is 0 Å². The average molecular weight is 358 g/mol. The highest BCUT2D eigenvalue weighted by atomic mass is 32.2. The van der Waals surface area contributed by atoms with Gasteiger partial charge >= 0.3 is 0 Å². The Hall–Kier alpha value is -3.00. The van der Waals surface area contributed by atoms with E-state index >= 15 is 0 Å². The van der Waals surface area contributed by atoms with Crippen LogP contribution < -0.4 is 10.9 Å². The molecule has 0 saturated heterocycles. The summed E-state index contributed by atoms with van der Waals surface area (Å²) >= 11 is 0. The van der Waals surface area contributed by atoms with E-state index < -0.39 is 27.3 Å². The lowest BCUT2D eigenvalue weighted by Gasteiger charge is -2.11. The van der Waals surface area contributed by atoms with Crippen LogP contribution in [0.25, 0.3) is 11.3 Å². The van der Waals surface area contributed by atoms with Crippen molar-refractivity contribution >= 4 is 22.0 Å². The van der Waals surface area contributed by atoms with Crippen molar-refractivity contribution in [2.75, 3.05) is 5.75 Å². The monoisotopic (exact) mass is 358 g/mol. The minimum Gasteiger partial charge on any atom is -0.345 e. The number of carbonyl (C=O) groups is 2. The molecule has 0 saturated carbocycles. The largest absolute Gasteiger partial charge is 0.345 e. The highest BCUT2D eigenvalue weighted by molar-refractivity contribution is 7.94. The predicted molar refractivity (Wildman–Crippen MR) is 92.1 cm³/mol. The van der Waals surface area contributed by atoms with Gasteiger partial charge in [0.15, 0.2) is 16.1 Å². The highest BCUT2D eigenvalue weighted by Gasteiger charge is 2.25. The normalized spacial score (nSPS) is 18.0. The SMILES string of the molecule is O=Cc1cc(C(=O)N[C@@H]2C=CS(=O)(=O)C2)c(=O)[nH]c1-c1ccccc1. The van der Waals surface area contributed by atoms with Gasteiger partial charge < -0.3 is 10.3 Å². The van der Waals surface area contributed by atoms with Crippen LogP contribution >= 0.6 is 0 Å². The van der Waals surface area contributed by atoms with E-state index in [2.05, 4.69) is 10.3 Å².